The van der Waals surface area contributed by atoms with Crippen molar-refractivity contribution in [2.45, 2.75) is 12.2 Å². The summed E-state index contributed by atoms with van der Waals surface area (Å²) in [6.07, 6.45) is -2.46. The number of aliphatic imine (C=N–C) groups is 1. The summed E-state index contributed by atoms with van der Waals surface area (Å²) in [6, 6.07) is 11.4. The minimum absolute atomic E-state index is 0.0191. The van der Waals surface area contributed by atoms with Crippen molar-refractivity contribution in [3.63, 3.8) is 0 Å². The molecule has 0 radical (unpaired) electrons. The van der Waals surface area contributed by atoms with E-state index in [0.717, 1.165) is 11.0 Å². The maximum absolute atomic E-state index is 13.7. The number of halogens is 4. The van der Waals surface area contributed by atoms with E-state index >= 15 is 0 Å². The van der Waals surface area contributed by atoms with Crippen molar-refractivity contribution >= 4 is 46.5 Å². The fourth-order valence-corrected chi connectivity index (χ4v) is 5.65. The van der Waals surface area contributed by atoms with E-state index < -0.39 is 47.2 Å². The Morgan fingerprint density at radius 3 is 2.39 bits per heavy atom. The van der Waals surface area contributed by atoms with Crippen LogP contribution in [0.2, 0.25) is 5.02 Å². The van der Waals surface area contributed by atoms with Crippen molar-refractivity contribution in [1.29, 1.82) is 0 Å². The first-order valence-corrected chi connectivity index (χ1v) is 12.8. The lowest BCUT2D eigenvalue weighted by molar-refractivity contribution is -0.140. The van der Waals surface area contributed by atoms with Crippen molar-refractivity contribution in [3.05, 3.63) is 93.9 Å². The van der Waals surface area contributed by atoms with Crippen LogP contribution in [0.4, 0.5) is 19.0 Å². The van der Waals surface area contributed by atoms with Crippen LogP contribution in [0.1, 0.15) is 33.2 Å². The minimum atomic E-state index is -4.61. The van der Waals surface area contributed by atoms with Crippen LogP contribution < -0.4 is 5.32 Å². The standard InChI is InChI=1S/C28H19ClF3N5O4/c29-16-11-13(28(30,31)32)12-35-25(16)34-9-10-37-26(40)18-19(27(37)41)22(36-21(18)17-7-3-4-8-33-17)20-23(38)14-5-1-2-6-15(14)24(20)39/h1-8,11-12,18-19,21,38H,9-10H2,(H,34,35)/t18-,19-,21-/m1/s1. The Balaban J connectivity index is 1.29. The number of aromatic nitrogens is 2. The van der Waals surface area contributed by atoms with Crippen molar-refractivity contribution in [1.82, 2.24) is 14.9 Å². The summed E-state index contributed by atoms with van der Waals surface area (Å²) >= 11 is 5.95. The second-order valence-corrected chi connectivity index (χ2v) is 10.0. The number of aliphatic hydroxyl groups is 1. The molecule has 2 aromatic heterocycles. The average molecular weight is 582 g/mol. The molecule has 1 fully saturated rings. The highest BCUT2D eigenvalue weighted by Gasteiger charge is 2.59. The first-order chi connectivity index (χ1) is 19.6. The van der Waals surface area contributed by atoms with E-state index in [9.17, 15) is 32.7 Å². The second kappa shape index (κ2) is 9.81. The fourth-order valence-electron chi connectivity index (χ4n) is 5.42. The van der Waals surface area contributed by atoms with Crippen LogP contribution >= 0.6 is 11.6 Å². The molecule has 2 aliphatic heterocycles. The summed E-state index contributed by atoms with van der Waals surface area (Å²) in [5, 5.41) is 13.5. The van der Waals surface area contributed by atoms with Crippen molar-refractivity contribution in [2.75, 3.05) is 18.4 Å². The molecule has 0 spiro atoms. The number of hydrogen-bond acceptors (Lipinski definition) is 8. The van der Waals surface area contributed by atoms with Gasteiger partial charge in [-0.1, -0.05) is 41.9 Å². The van der Waals surface area contributed by atoms with Gasteiger partial charge in [-0.3, -0.25) is 29.3 Å². The Labute approximate surface area is 235 Å². The average Bonchev–Trinajstić information content (AvgIpc) is 3.54. The molecule has 2 N–H and O–H groups in total. The highest BCUT2D eigenvalue weighted by atomic mass is 35.5. The van der Waals surface area contributed by atoms with E-state index in [4.69, 9.17) is 11.6 Å². The molecular weight excluding hydrogens is 563 g/mol. The van der Waals surface area contributed by atoms with Crippen molar-refractivity contribution in [2.24, 2.45) is 16.8 Å². The summed E-state index contributed by atoms with van der Waals surface area (Å²) in [5.74, 6) is -4.17. The van der Waals surface area contributed by atoms with Gasteiger partial charge in [-0.15, -0.1) is 0 Å². The molecule has 4 heterocycles. The van der Waals surface area contributed by atoms with Gasteiger partial charge in [-0.25, -0.2) is 4.98 Å². The maximum atomic E-state index is 13.7. The molecule has 3 atom stereocenters. The molecule has 1 saturated heterocycles. The predicted octanol–water partition coefficient (Wildman–Crippen LogP) is 4.52. The van der Waals surface area contributed by atoms with Gasteiger partial charge < -0.3 is 10.4 Å². The zero-order valence-corrected chi connectivity index (χ0v) is 21.6. The number of amides is 2. The number of Topliss-reactive ketones (excluding diaryl/α,β-unsaturated/α-hetero) is 1. The van der Waals surface area contributed by atoms with Gasteiger partial charge in [-0.05, 0) is 18.2 Å². The van der Waals surface area contributed by atoms with Crippen LogP contribution in [0.15, 0.2) is 71.5 Å². The largest absolute Gasteiger partial charge is 0.506 e. The number of likely N-dealkylation sites (tertiary alicyclic amines) is 1. The van der Waals surface area contributed by atoms with Crippen LogP contribution in [0.5, 0.6) is 0 Å². The first-order valence-electron chi connectivity index (χ1n) is 12.5. The Bertz CT molecular complexity index is 1670. The Morgan fingerprint density at radius 1 is 1.00 bits per heavy atom. The molecule has 41 heavy (non-hydrogen) atoms. The molecule has 208 valence electrons. The van der Waals surface area contributed by atoms with E-state index in [1.165, 1.54) is 6.20 Å². The van der Waals surface area contributed by atoms with E-state index in [0.29, 0.717) is 17.5 Å². The summed E-state index contributed by atoms with van der Waals surface area (Å²) in [5.41, 5.74) is -0.125. The number of ketones is 1. The third-order valence-corrected chi connectivity index (χ3v) is 7.58. The lowest BCUT2D eigenvalue weighted by atomic mass is 9.84. The number of carbonyl (C=O) groups excluding carboxylic acids is 3. The number of aliphatic hydroxyl groups excluding tert-OH is 1. The molecule has 13 heteroatoms. The SMILES string of the molecule is O=C1C(C2=N[C@H](c3ccccn3)[C@@H]3C(=O)N(CCNc4ncc(C(F)(F)F)cc4Cl)C(=O)[C@@H]23)=C(O)c2ccccc21. The number of imide groups is 1. The fraction of sp³-hybridized carbons (Fsp3) is 0.214. The van der Waals surface area contributed by atoms with Gasteiger partial charge in [-0.2, -0.15) is 13.2 Å². The molecule has 0 bridgehead atoms. The Kier molecular flexibility index (Phi) is 6.37. The summed E-state index contributed by atoms with van der Waals surface area (Å²) < 4.78 is 38.8. The Morgan fingerprint density at radius 2 is 1.73 bits per heavy atom. The van der Waals surface area contributed by atoms with Gasteiger partial charge >= 0.3 is 6.18 Å². The van der Waals surface area contributed by atoms with Crippen LogP contribution in [-0.2, 0) is 15.8 Å². The number of allylic oxidation sites excluding steroid dienone is 1. The number of benzene rings is 1. The van der Waals surface area contributed by atoms with Crippen LogP contribution in [-0.4, -0.2) is 56.4 Å². The molecule has 3 aliphatic rings. The molecule has 2 amide bonds. The van der Waals surface area contributed by atoms with Crippen molar-refractivity contribution < 1.29 is 32.7 Å². The molecule has 9 nitrogen and oxygen atoms in total. The van der Waals surface area contributed by atoms with Gasteiger partial charge in [0, 0.05) is 36.6 Å². The molecular formula is C28H19ClF3N5O4. The van der Waals surface area contributed by atoms with Crippen molar-refractivity contribution in [3.8, 4) is 0 Å². The number of nitrogens with zero attached hydrogens (tertiary/aromatic N) is 4. The number of pyridine rings is 2. The van der Waals surface area contributed by atoms with Gasteiger partial charge in [0.25, 0.3) is 0 Å². The smallest absolute Gasteiger partial charge is 0.417 e. The molecule has 0 saturated carbocycles. The van der Waals surface area contributed by atoms with Crippen LogP contribution in [0.3, 0.4) is 0 Å². The quantitative estimate of drug-likeness (QED) is 0.410. The first kappa shape index (κ1) is 26.6. The number of anilines is 1. The molecule has 1 aromatic carbocycles. The zero-order chi connectivity index (χ0) is 29.1. The summed E-state index contributed by atoms with van der Waals surface area (Å²) in [6.45, 7) is -0.223. The number of hydrogen-bond donors (Lipinski definition) is 2. The molecule has 3 aromatic rings. The zero-order valence-electron chi connectivity index (χ0n) is 20.9. The number of alkyl halides is 3. The lowest BCUT2D eigenvalue weighted by Crippen LogP contribution is -2.37. The van der Waals surface area contributed by atoms with Gasteiger partial charge in [0.2, 0.25) is 11.8 Å². The topological polar surface area (TPSA) is 125 Å². The van der Waals surface area contributed by atoms with Gasteiger partial charge in [0.05, 0.1) is 39.4 Å². The molecule has 6 rings (SSSR count). The Hall–Kier alpha value is -4.58. The normalized spacial score (nSPS) is 21.9. The van der Waals surface area contributed by atoms with E-state index in [-0.39, 0.29) is 46.5 Å². The molecule has 1 aliphatic carbocycles. The summed E-state index contributed by atoms with van der Waals surface area (Å²) in [4.78, 5) is 54.3. The number of carbonyl (C=O) groups is 3. The van der Waals surface area contributed by atoms with Crippen LogP contribution in [0, 0.1) is 11.8 Å². The molecule has 0 unspecified atom stereocenters. The monoisotopic (exact) mass is 581 g/mol. The summed E-state index contributed by atoms with van der Waals surface area (Å²) in [7, 11) is 0. The highest BCUT2D eigenvalue weighted by Crippen LogP contribution is 2.48. The maximum Gasteiger partial charge on any atom is 0.417 e. The van der Waals surface area contributed by atoms with Gasteiger partial charge in [0.1, 0.15) is 17.6 Å². The minimum Gasteiger partial charge on any atom is -0.506 e. The second-order valence-electron chi connectivity index (χ2n) is 9.62. The third-order valence-electron chi connectivity index (χ3n) is 7.29. The number of nitrogens with one attached hydrogen (secondary N) is 1. The third kappa shape index (κ3) is 4.34. The predicted molar refractivity (Wildman–Crippen MR) is 141 cm³/mol. The number of rotatable bonds is 6. The van der Waals surface area contributed by atoms with Gasteiger partial charge in [0.15, 0.2) is 5.78 Å². The van der Waals surface area contributed by atoms with E-state index in [2.05, 4.69) is 20.3 Å². The highest BCUT2D eigenvalue weighted by molar-refractivity contribution is 6.40. The van der Waals surface area contributed by atoms with Crippen LogP contribution in [0.25, 0.3) is 5.76 Å². The van der Waals surface area contributed by atoms with E-state index in [1.807, 2.05) is 0 Å². The van der Waals surface area contributed by atoms with E-state index in [1.54, 1.807) is 42.5 Å². The lowest BCUT2D eigenvalue weighted by Gasteiger charge is -2.18. The number of fused-ring (bicyclic) bond motifs is 2.